The summed E-state index contributed by atoms with van der Waals surface area (Å²) < 4.78 is 14.1. The van der Waals surface area contributed by atoms with E-state index in [1.165, 1.54) is 5.56 Å². The molecule has 9 heteroatoms. The maximum atomic E-state index is 6.44. The molecule has 168 valence electrons. The Hall–Kier alpha value is -1.22. The van der Waals surface area contributed by atoms with Crippen LogP contribution in [-0.4, -0.2) is 40.1 Å². The van der Waals surface area contributed by atoms with Crippen LogP contribution in [0.3, 0.4) is 0 Å². The van der Waals surface area contributed by atoms with Gasteiger partial charge in [0.2, 0.25) is 0 Å². The Morgan fingerprint density at radius 2 is 1.87 bits per heavy atom. The van der Waals surface area contributed by atoms with E-state index in [0.717, 1.165) is 50.9 Å². The van der Waals surface area contributed by atoms with Crippen LogP contribution < -0.4 is 10.9 Å². The average Bonchev–Trinajstić information content (AvgIpc) is 3.41. The van der Waals surface area contributed by atoms with Crippen LogP contribution in [0.4, 0.5) is 0 Å². The van der Waals surface area contributed by atoms with Crippen molar-refractivity contribution in [3.05, 3.63) is 46.0 Å². The van der Waals surface area contributed by atoms with E-state index in [-0.39, 0.29) is 18.2 Å². The van der Waals surface area contributed by atoms with Crippen molar-refractivity contribution in [2.75, 3.05) is 13.2 Å². The van der Waals surface area contributed by atoms with Gasteiger partial charge in [-0.25, -0.2) is 5.43 Å². The number of hydrogen-bond donors (Lipinski definition) is 2. The van der Waals surface area contributed by atoms with Crippen molar-refractivity contribution < 1.29 is 9.47 Å². The van der Waals surface area contributed by atoms with Crippen LogP contribution in [0.25, 0.3) is 0 Å². The molecule has 0 spiro atoms. The highest BCUT2D eigenvalue weighted by molar-refractivity contribution is 6.35. The predicted molar refractivity (Wildman–Crippen MR) is 119 cm³/mol. The standard InChI is InChI=1S/C22H29Cl2N5O2/c1-13(21-18(23)10-25-11-19(21)24)31-16-2-3-20-17(8-16)22(28-27-20)14-9-26-29(12-14)15-4-6-30-7-5-15/h9-13,15-17,20,22,27-28H,2-8H2,1H3/t13-,16?,17?,20?,22?/m1/s1. The number of ether oxygens (including phenoxy) is 2. The Bertz CT molecular complexity index is 884. The second-order valence-electron chi connectivity index (χ2n) is 8.86. The third kappa shape index (κ3) is 4.49. The topological polar surface area (TPSA) is 73.2 Å². The van der Waals surface area contributed by atoms with E-state index in [1.54, 1.807) is 12.4 Å². The number of fused-ring (bicyclic) bond motifs is 1. The minimum Gasteiger partial charge on any atom is -0.381 e. The molecule has 31 heavy (non-hydrogen) atoms. The van der Waals surface area contributed by atoms with E-state index in [1.807, 2.05) is 13.1 Å². The molecule has 3 aliphatic rings. The largest absolute Gasteiger partial charge is 0.381 e. The third-order valence-corrected chi connectivity index (χ3v) is 7.55. The van der Waals surface area contributed by atoms with Crippen molar-refractivity contribution in [3.63, 3.8) is 0 Å². The maximum absolute atomic E-state index is 6.44. The molecular weight excluding hydrogens is 437 g/mol. The number of halogens is 2. The van der Waals surface area contributed by atoms with Gasteiger partial charge < -0.3 is 9.47 Å². The van der Waals surface area contributed by atoms with Gasteiger partial charge >= 0.3 is 0 Å². The fourth-order valence-corrected chi connectivity index (χ4v) is 5.97. The zero-order chi connectivity index (χ0) is 21.4. The predicted octanol–water partition coefficient (Wildman–Crippen LogP) is 4.40. The molecule has 2 aromatic rings. The van der Waals surface area contributed by atoms with Crippen molar-refractivity contribution in [1.29, 1.82) is 0 Å². The molecule has 0 bridgehead atoms. The van der Waals surface area contributed by atoms with Gasteiger partial charge in [-0.3, -0.25) is 15.1 Å². The number of aromatic nitrogens is 3. The number of hydrogen-bond acceptors (Lipinski definition) is 6. The van der Waals surface area contributed by atoms with Gasteiger partial charge in [0.05, 0.1) is 40.5 Å². The van der Waals surface area contributed by atoms with Gasteiger partial charge in [0.25, 0.3) is 0 Å². The molecule has 1 saturated carbocycles. The van der Waals surface area contributed by atoms with Gasteiger partial charge in [-0.05, 0) is 44.9 Å². The summed E-state index contributed by atoms with van der Waals surface area (Å²) in [6.45, 7) is 3.65. The number of pyridine rings is 1. The third-order valence-electron chi connectivity index (χ3n) is 6.94. The zero-order valence-electron chi connectivity index (χ0n) is 17.6. The van der Waals surface area contributed by atoms with Crippen LogP contribution in [0.5, 0.6) is 0 Å². The van der Waals surface area contributed by atoms with Crippen molar-refractivity contribution in [3.8, 4) is 0 Å². The van der Waals surface area contributed by atoms with Crippen LogP contribution in [-0.2, 0) is 9.47 Å². The van der Waals surface area contributed by atoms with Crippen molar-refractivity contribution in [2.45, 2.75) is 69.4 Å². The summed E-state index contributed by atoms with van der Waals surface area (Å²) in [7, 11) is 0. The van der Waals surface area contributed by atoms with Crippen LogP contribution in [0, 0.1) is 5.92 Å². The van der Waals surface area contributed by atoms with E-state index >= 15 is 0 Å². The lowest BCUT2D eigenvalue weighted by atomic mass is 9.78. The van der Waals surface area contributed by atoms with Crippen LogP contribution >= 0.6 is 23.2 Å². The summed E-state index contributed by atoms with van der Waals surface area (Å²) in [6, 6.07) is 1.11. The zero-order valence-corrected chi connectivity index (χ0v) is 19.1. The molecule has 2 saturated heterocycles. The molecule has 1 aliphatic carbocycles. The van der Waals surface area contributed by atoms with E-state index in [4.69, 9.17) is 32.7 Å². The summed E-state index contributed by atoms with van der Waals surface area (Å²) in [6.07, 6.45) is 12.5. The summed E-state index contributed by atoms with van der Waals surface area (Å²) in [5, 5.41) is 5.78. The lowest BCUT2D eigenvalue weighted by Gasteiger charge is -2.34. The normalized spacial score (nSPS) is 30.3. The van der Waals surface area contributed by atoms with Crippen molar-refractivity contribution in [1.82, 2.24) is 25.6 Å². The molecule has 2 aliphatic heterocycles. The van der Waals surface area contributed by atoms with Gasteiger partial charge in [0, 0.05) is 49.0 Å². The molecule has 0 aromatic carbocycles. The number of rotatable bonds is 5. The molecule has 7 nitrogen and oxygen atoms in total. The molecule has 0 amide bonds. The van der Waals surface area contributed by atoms with Crippen LogP contribution in [0.1, 0.15) is 68.3 Å². The second kappa shape index (κ2) is 9.33. The number of hydrazine groups is 1. The molecule has 2 N–H and O–H groups in total. The van der Waals surface area contributed by atoms with Gasteiger partial charge in [0.1, 0.15) is 0 Å². The van der Waals surface area contributed by atoms with Crippen LogP contribution in [0.2, 0.25) is 10.0 Å². The highest BCUT2D eigenvalue weighted by Gasteiger charge is 2.42. The number of nitrogens with one attached hydrogen (secondary N) is 2. The molecule has 5 atom stereocenters. The maximum Gasteiger partial charge on any atom is 0.0830 e. The minimum absolute atomic E-state index is 0.159. The molecule has 3 fully saturated rings. The second-order valence-corrected chi connectivity index (χ2v) is 9.68. The summed E-state index contributed by atoms with van der Waals surface area (Å²) in [5.74, 6) is 0.446. The Morgan fingerprint density at radius 3 is 2.65 bits per heavy atom. The Balaban J connectivity index is 1.26. The van der Waals surface area contributed by atoms with Crippen molar-refractivity contribution in [2.24, 2.45) is 5.92 Å². The first-order valence-electron chi connectivity index (χ1n) is 11.2. The molecule has 0 radical (unpaired) electrons. The minimum atomic E-state index is -0.179. The van der Waals surface area contributed by atoms with Crippen molar-refractivity contribution >= 4 is 23.2 Å². The smallest absolute Gasteiger partial charge is 0.0830 e. The first-order valence-corrected chi connectivity index (χ1v) is 11.9. The lowest BCUT2D eigenvalue weighted by Crippen LogP contribution is -2.37. The fraction of sp³-hybridized carbons (Fsp3) is 0.636. The first-order chi connectivity index (χ1) is 15.1. The van der Waals surface area contributed by atoms with E-state index in [9.17, 15) is 0 Å². The Kier molecular flexibility index (Phi) is 6.51. The van der Waals surface area contributed by atoms with Gasteiger partial charge in [0.15, 0.2) is 0 Å². The molecule has 4 unspecified atom stereocenters. The molecule has 5 rings (SSSR count). The summed E-state index contributed by atoms with van der Waals surface area (Å²) >= 11 is 12.7. The lowest BCUT2D eigenvalue weighted by molar-refractivity contribution is -0.0370. The quantitative estimate of drug-likeness (QED) is 0.681. The Morgan fingerprint density at radius 1 is 1.10 bits per heavy atom. The van der Waals surface area contributed by atoms with Gasteiger partial charge in [-0.1, -0.05) is 23.2 Å². The summed E-state index contributed by atoms with van der Waals surface area (Å²) in [5.41, 5.74) is 9.08. The fourth-order valence-electron chi connectivity index (χ4n) is 5.30. The van der Waals surface area contributed by atoms with E-state index in [0.29, 0.717) is 28.0 Å². The highest BCUT2D eigenvalue weighted by atomic mass is 35.5. The van der Waals surface area contributed by atoms with Crippen LogP contribution in [0.15, 0.2) is 24.8 Å². The van der Waals surface area contributed by atoms with E-state index in [2.05, 4.69) is 31.8 Å². The van der Waals surface area contributed by atoms with E-state index < -0.39 is 0 Å². The Labute approximate surface area is 192 Å². The van der Waals surface area contributed by atoms with Gasteiger partial charge in [-0.15, -0.1) is 0 Å². The highest BCUT2D eigenvalue weighted by Crippen LogP contribution is 2.41. The molecule has 4 heterocycles. The average molecular weight is 466 g/mol. The number of nitrogens with zero attached hydrogens (tertiary/aromatic N) is 3. The first kappa shape index (κ1) is 21.6. The molecular formula is C22H29Cl2N5O2. The summed E-state index contributed by atoms with van der Waals surface area (Å²) in [4.78, 5) is 4.05. The monoisotopic (exact) mass is 465 g/mol. The van der Waals surface area contributed by atoms with Gasteiger partial charge in [-0.2, -0.15) is 5.10 Å². The SMILES string of the molecule is C[C@@H](OC1CCC2NNC(c3cnn(C4CCOCC4)c3)C2C1)c1c(Cl)cncc1Cl. The molecule has 2 aromatic heterocycles.